The summed E-state index contributed by atoms with van der Waals surface area (Å²) in [4.78, 5) is 3.96. The number of hydrogen-bond donors (Lipinski definition) is 1. The zero-order valence-corrected chi connectivity index (χ0v) is 12.9. The highest BCUT2D eigenvalue weighted by molar-refractivity contribution is 7.94. The summed E-state index contributed by atoms with van der Waals surface area (Å²) in [6, 6.07) is 4.15. The van der Waals surface area contributed by atoms with Crippen LogP contribution < -0.4 is 4.72 Å². The molecule has 1 aliphatic heterocycles. The van der Waals surface area contributed by atoms with Gasteiger partial charge in [-0.3, -0.25) is 4.40 Å². The predicted molar refractivity (Wildman–Crippen MR) is 77.2 cm³/mol. The Balaban J connectivity index is 2.02. The maximum absolute atomic E-state index is 12.4. The molecular weight excluding hydrogens is 338 g/mol. The molecule has 1 N–H and O–H groups in total. The number of halogens is 1. The number of imidazole rings is 1. The van der Waals surface area contributed by atoms with Crippen molar-refractivity contribution in [2.24, 2.45) is 0 Å². The first kappa shape index (κ1) is 14.5. The Morgan fingerprint density at radius 3 is 2.81 bits per heavy atom. The average Bonchev–Trinajstić information content (AvgIpc) is 2.87. The summed E-state index contributed by atoms with van der Waals surface area (Å²) in [5.74, 6) is -0.305. The Morgan fingerprint density at radius 1 is 1.38 bits per heavy atom. The molecule has 0 aromatic carbocycles. The molecule has 10 heteroatoms. The highest BCUT2D eigenvalue weighted by Gasteiger charge is 2.30. The van der Waals surface area contributed by atoms with E-state index in [1.807, 2.05) is 0 Å². The van der Waals surface area contributed by atoms with E-state index in [4.69, 9.17) is 11.6 Å². The normalized spacial score (nSPS) is 21.1. The minimum Gasteiger partial charge on any atom is -0.288 e. The molecule has 0 saturated heterocycles. The van der Waals surface area contributed by atoms with E-state index >= 15 is 0 Å². The van der Waals surface area contributed by atoms with Crippen LogP contribution in [0.1, 0.15) is 0 Å². The third-order valence-corrected chi connectivity index (χ3v) is 6.22. The van der Waals surface area contributed by atoms with Crippen molar-refractivity contribution in [3.63, 3.8) is 0 Å². The minimum absolute atomic E-state index is 0.168. The molecule has 2 aromatic heterocycles. The van der Waals surface area contributed by atoms with Gasteiger partial charge in [0.2, 0.25) is 0 Å². The number of nitrogens with one attached hydrogen (secondary N) is 1. The average molecular weight is 348 g/mol. The lowest BCUT2D eigenvalue weighted by atomic mass is 10.4. The van der Waals surface area contributed by atoms with Gasteiger partial charge in [0.15, 0.2) is 20.0 Å². The standard InChI is InChI=1S/C11H10ClN3O4S2/c12-10-11(15-5-2-1-3-9(15)13-10)21(18,19)14-8-4-6-20(16,17)7-8/h1-6,8,14H,7H2. The summed E-state index contributed by atoms with van der Waals surface area (Å²) < 4.78 is 51.1. The van der Waals surface area contributed by atoms with Gasteiger partial charge < -0.3 is 0 Å². The van der Waals surface area contributed by atoms with Crippen LogP contribution in [0.15, 0.2) is 40.9 Å². The number of rotatable bonds is 3. The molecule has 0 aliphatic carbocycles. The molecule has 2 aromatic rings. The summed E-state index contributed by atoms with van der Waals surface area (Å²) in [5, 5.41) is 0.618. The molecule has 7 nitrogen and oxygen atoms in total. The van der Waals surface area contributed by atoms with E-state index in [0.29, 0.717) is 5.65 Å². The number of nitrogens with zero attached hydrogens (tertiary/aromatic N) is 2. The largest absolute Gasteiger partial charge is 0.288 e. The van der Waals surface area contributed by atoms with Gasteiger partial charge in [0.1, 0.15) is 5.65 Å². The van der Waals surface area contributed by atoms with Gasteiger partial charge in [-0.15, -0.1) is 0 Å². The minimum atomic E-state index is -4.00. The molecule has 112 valence electrons. The summed E-state index contributed by atoms with van der Waals surface area (Å²) in [5.41, 5.74) is 0.387. The smallest absolute Gasteiger partial charge is 0.260 e. The quantitative estimate of drug-likeness (QED) is 0.875. The van der Waals surface area contributed by atoms with Crippen LogP contribution in [0.4, 0.5) is 0 Å². The third-order valence-electron chi connectivity index (χ3n) is 2.94. The fraction of sp³-hybridized carbons (Fsp3) is 0.182. The maximum atomic E-state index is 12.4. The van der Waals surface area contributed by atoms with Gasteiger partial charge in [-0.25, -0.2) is 26.5 Å². The SMILES string of the molecule is O=S1(=O)C=CC(NS(=O)(=O)c2c(Cl)nc3ccccn23)C1. The topological polar surface area (TPSA) is 97.6 Å². The summed E-state index contributed by atoms with van der Waals surface area (Å²) in [7, 11) is -7.36. The Labute approximate surface area is 126 Å². The molecule has 3 heterocycles. The van der Waals surface area contributed by atoms with Crippen molar-refractivity contribution in [1.29, 1.82) is 0 Å². The number of pyridine rings is 1. The second-order valence-corrected chi connectivity index (χ2v) is 8.44. The number of hydrogen-bond acceptors (Lipinski definition) is 5. The lowest BCUT2D eigenvalue weighted by Crippen LogP contribution is -2.36. The number of aromatic nitrogens is 2. The molecule has 1 unspecified atom stereocenters. The van der Waals surface area contributed by atoms with E-state index in [-0.39, 0.29) is 15.9 Å². The lowest BCUT2D eigenvalue weighted by Gasteiger charge is -2.10. The van der Waals surface area contributed by atoms with Gasteiger partial charge in [-0.2, -0.15) is 0 Å². The van der Waals surface area contributed by atoms with Gasteiger partial charge in [0, 0.05) is 11.6 Å². The van der Waals surface area contributed by atoms with Crippen molar-refractivity contribution in [3.05, 3.63) is 41.0 Å². The van der Waals surface area contributed by atoms with Gasteiger partial charge >= 0.3 is 0 Å². The van der Waals surface area contributed by atoms with Crippen LogP contribution in [0.5, 0.6) is 0 Å². The van der Waals surface area contributed by atoms with Crippen LogP contribution in [0, 0.1) is 0 Å². The molecular formula is C11H10ClN3O4S2. The first-order valence-electron chi connectivity index (χ1n) is 5.84. The van der Waals surface area contributed by atoms with Crippen molar-refractivity contribution in [2.75, 3.05) is 5.75 Å². The molecule has 0 spiro atoms. The van der Waals surface area contributed by atoms with E-state index in [1.54, 1.807) is 18.2 Å². The maximum Gasteiger partial charge on any atom is 0.260 e. The van der Waals surface area contributed by atoms with Crippen molar-refractivity contribution in [1.82, 2.24) is 14.1 Å². The van der Waals surface area contributed by atoms with Gasteiger partial charge in [-0.05, 0) is 12.1 Å². The molecule has 1 atom stereocenters. The van der Waals surface area contributed by atoms with Gasteiger partial charge in [-0.1, -0.05) is 23.7 Å². The summed E-state index contributed by atoms with van der Waals surface area (Å²) in [6.45, 7) is 0. The van der Waals surface area contributed by atoms with Gasteiger partial charge in [0.05, 0.1) is 11.8 Å². The highest BCUT2D eigenvalue weighted by Crippen LogP contribution is 2.23. The van der Waals surface area contributed by atoms with Crippen LogP contribution in [0.3, 0.4) is 0 Å². The van der Waals surface area contributed by atoms with Crippen LogP contribution in [-0.4, -0.2) is 38.0 Å². The van der Waals surface area contributed by atoms with Gasteiger partial charge in [0.25, 0.3) is 10.0 Å². The Hall–Kier alpha value is -1.42. The van der Waals surface area contributed by atoms with Crippen molar-refractivity contribution in [3.8, 4) is 0 Å². The summed E-state index contributed by atoms with van der Waals surface area (Å²) >= 11 is 5.91. The van der Waals surface area contributed by atoms with E-state index in [2.05, 4.69) is 9.71 Å². The molecule has 1 aliphatic rings. The number of fused-ring (bicyclic) bond motifs is 1. The highest BCUT2D eigenvalue weighted by atomic mass is 35.5. The molecule has 21 heavy (non-hydrogen) atoms. The van der Waals surface area contributed by atoms with E-state index in [1.165, 1.54) is 16.7 Å². The van der Waals surface area contributed by atoms with Crippen LogP contribution >= 0.6 is 11.6 Å². The van der Waals surface area contributed by atoms with Crippen molar-refractivity contribution in [2.45, 2.75) is 11.1 Å². The van der Waals surface area contributed by atoms with Crippen LogP contribution in [-0.2, 0) is 19.9 Å². The Morgan fingerprint density at radius 2 is 2.14 bits per heavy atom. The van der Waals surface area contributed by atoms with Crippen molar-refractivity contribution < 1.29 is 16.8 Å². The van der Waals surface area contributed by atoms with E-state index in [0.717, 1.165) is 5.41 Å². The monoisotopic (exact) mass is 347 g/mol. The molecule has 0 saturated carbocycles. The van der Waals surface area contributed by atoms with E-state index < -0.39 is 25.9 Å². The van der Waals surface area contributed by atoms with Crippen LogP contribution in [0.2, 0.25) is 5.15 Å². The second kappa shape index (κ2) is 4.80. The Kier molecular flexibility index (Phi) is 3.32. The molecule has 0 amide bonds. The number of sulfone groups is 1. The first-order valence-corrected chi connectivity index (χ1v) is 9.42. The zero-order valence-electron chi connectivity index (χ0n) is 10.5. The fourth-order valence-electron chi connectivity index (χ4n) is 2.09. The second-order valence-electron chi connectivity index (χ2n) is 4.52. The summed E-state index contributed by atoms with van der Waals surface area (Å²) in [6.07, 6.45) is 2.81. The predicted octanol–water partition coefficient (Wildman–Crippen LogP) is 0.577. The first-order chi connectivity index (χ1) is 9.78. The Bertz CT molecular complexity index is 947. The van der Waals surface area contributed by atoms with E-state index in [9.17, 15) is 16.8 Å². The third kappa shape index (κ3) is 2.69. The van der Waals surface area contributed by atoms with Crippen LogP contribution in [0.25, 0.3) is 5.65 Å². The van der Waals surface area contributed by atoms with Crippen molar-refractivity contribution >= 4 is 37.1 Å². The molecule has 0 bridgehead atoms. The fourth-order valence-corrected chi connectivity index (χ4v) is 5.27. The number of sulfonamides is 1. The lowest BCUT2D eigenvalue weighted by molar-refractivity contribution is 0.570. The zero-order chi connectivity index (χ0) is 15.3. The molecule has 0 fully saturated rings. The molecule has 3 rings (SSSR count). The molecule has 0 radical (unpaired) electrons.